The summed E-state index contributed by atoms with van der Waals surface area (Å²) in [5, 5.41) is 17.1. The fraction of sp³-hybridized carbons (Fsp3) is 0. The molecule has 0 aliphatic rings. The van der Waals surface area contributed by atoms with Crippen molar-refractivity contribution in [1.82, 2.24) is 30.8 Å². The van der Waals surface area contributed by atoms with Gasteiger partial charge in [-0.1, -0.05) is 54.1 Å². The molecule has 0 saturated carbocycles. The highest BCUT2D eigenvalue weighted by molar-refractivity contribution is 7.75. The molecule has 0 aliphatic carbocycles. The molecule has 0 fully saturated rings. The van der Waals surface area contributed by atoms with Crippen molar-refractivity contribution >= 4 is 48.9 Å². The van der Waals surface area contributed by atoms with Crippen LogP contribution in [0.5, 0.6) is 0 Å². The number of H-pyrrole nitrogens is 4. The van der Waals surface area contributed by atoms with Crippen LogP contribution in [0.4, 0.5) is 0 Å². The second kappa shape index (κ2) is 6.48. The van der Waals surface area contributed by atoms with E-state index < -0.39 is 0 Å². The molecular weight excluding hydrogens is 284 g/mol. The summed E-state index contributed by atoms with van der Waals surface area (Å²) in [7, 11) is 0. The first-order valence-electron chi connectivity index (χ1n) is 3.87. The first-order chi connectivity index (χ1) is 7.61. The molecule has 0 aromatic carbocycles. The minimum Gasteiger partial charge on any atom is -0.275 e. The van der Waals surface area contributed by atoms with Crippen molar-refractivity contribution in [3.05, 3.63) is 30.7 Å². The molecule has 0 atom stereocenters. The van der Waals surface area contributed by atoms with E-state index in [0.29, 0.717) is 18.4 Å². The Morgan fingerprint density at radius 1 is 1.00 bits per heavy atom. The summed E-state index contributed by atoms with van der Waals surface area (Å²) in [6.07, 6.45) is 1.54. The van der Waals surface area contributed by atoms with E-state index in [4.69, 9.17) is 36.7 Å². The second-order valence-corrected chi connectivity index (χ2v) is 4.03. The highest BCUT2D eigenvalue weighted by atomic mass is 32.1. The summed E-state index contributed by atoms with van der Waals surface area (Å²) < 4.78 is 2.02. The van der Waals surface area contributed by atoms with E-state index in [9.17, 15) is 0 Å². The Balaban J connectivity index is 0.000000165. The van der Waals surface area contributed by atoms with Gasteiger partial charge in [-0.05, 0) is 6.07 Å². The van der Waals surface area contributed by atoms with Gasteiger partial charge >= 0.3 is 0 Å². The number of aromatic nitrogens is 6. The molecule has 6 nitrogen and oxygen atoms in total. The maximum Gasteiger partial charge on any atom is 0.140 e. The van der Waals surface area contributed by atoms with Crippen LogP contribution in [0.2, 0.25) is 0 Å². The maximum absolute atomic E-state index is 4.80. The number of aromatic amines is 4. The molecule has 0 saturated heterocycles. The quantitative estimate of drug-likeness (QED) is 0.557. The van der Waals surface area contributed by atoms with E-state index in [1.165, 1.54) is 0 Å². The molecule has 0 radical (unpaired) electrons. The summed E-state index contributed by atoms with van der Waals surface area (Å²) in [6.45, 7) is 0. The van der Waals surface area contributed by atoms with Crippen LogP contribution >= 0.6 is 48.9 Å². The molecular formula is C6H6N6S4. The van der Waals surface area contributed by atoms with Gasteiger partial charge in [0.2, 0.25) is 0 Å². The van der Waals surface area contributed by atoms with E-state index >= 15 is 0 Å². The van der Waals surface area contributed by atoms with Crippen LogP contribution in [0.3, 0.4) is 0 Å². The Hall–Kier alpha value is -1.10. The van der Waals surface area contributed by atoms with Crippen molar-refractivity contribution in [3.8, 4) is 0 Å². The molecule has 0 unspecified atom stereocenters. The number of hydrogen-bond acceptors (Lipinski definition) is 6. The van der Waals surface area contributed by atoms with Gasteiger partial charge in [0.15, 0.2) is 0 Å². The van der Waals surface area contributed by atoms with Gasteiger partial charge in [0.1, 0.15) is 18.4 Å². The molecule has 4 N–H and O–H groups in total. The first-order valence-corrected chi connectivity index (χ1v) is 5.50. The molecule has 2 aromatic rings. The third-order valence-corrected chi connectivity index (χ3v) is 2.78. The number of rotatable bonds is 0. The van der Waals surface area contributed by atoms with E-state index in [2.05, 4.69) is 43.0 Å². The molecule has 0 spiro atoms. The monoisotopic (exact) mass is 290 g/mol. The normalized spacial score (nSPS) is 9.00. The Kier molecular flexibility index (Phi) is 5.25. The minimum absolute atomic E-state index is 0.466. The van der Waals surface area contributed by atoms with Crippen LogP contribution < -0.4 is 0 Å². The molecule has 0 amide bonds. The first kappa shape index (κ1) is 13.0. The third kappa shape index (κ3) is 4.18. The minimum atomic E-state index is 0.466. The molecule has 10 heteroatoms. The van der Waals surface area contributed by atoms with Gasteiger partial charge in [-0.25, -0.2) is 10.3 Å². The smallest absolute Gasteiger partial charge is 0.140 e. The predicted octanol–water partition coefficient (Wildman–Crippen LogP) is 2.39. The largest absolute Gasteiger partial charge is 0.275 e. The predicted molar refractivity (Wildman–Crippen MR) is 69.2 cm³/mol. The molecule has 2 rings (SSSR count). The average molecular weight is 290 g/mol. The highest BCUT2D eigenvalue weighted by Crippen LogP contribution is 1.88. The Labute approximate surface area is 110 Å². The zero-order chi connectivity index (χ0) is 12.0. The van der Waals surface area contributed by atoms with Gasteiger partial charge in [-0.3, -0.25) is 10.2 Å². The van der Waals surface area contributed by atoms with Crippen molar-refractivity contribution < 1.29 is 0 Å². The lowest BCUT2D eigenvalue weighted by Crippen LogP contribution is -1.86. The van der Waals surface area contributed by atoms with E-state index in [0.717, 1.165) is 0 Å². The highest BCUT2D eigenvalue weighted by Gasteiger charge is 1.81. The van der Waals surface area contributed by atoms with Crippen LogP contribution in [0.25, 0.3) is 0 Å². The third-order valence-electron chi connectivity index (χ3n) is 1.28. The summed E-state index contributed by atoms with van der Waals surface area (Å²) in [5.74, 6) is 0. The van der Waals surface area contributed by atoms with Crippen LogP contribution in [0.1, 0.15) is 0 Å². The van der Waals surface area contributed by atoms with Crippen LogP contribution in [-0.2, 0) is 0 Å². The van der Waals surface area contributed by atoms with Crippen LogP contribution in [0, 0.1) is 18.4 Å². The molecule has 84 valence electrons. The summed E-state index contributed by atoms with van der Waals surface area (Å²) >= 11 is 19.0. The van der Waals surface area contributed by atoms with E-state index in [1.807, 2.05) is 0 Å². The Morgan fingerprint density at radius 3 is 1.94 bits per heavy atom. The van der Waals surface area contributed by atoms with E-state index in [1.54, 1.807) is 12.3 Å². The van der Waals surface area contributed by atoms with Crippen molar-refractivity contribution in [1.29, 1.82) is 0 Å². The number of nitrogens with zero attached hydrogens (tertiary/aromatic N) is 2. The van der Waals surface area contributed by atoms with Crippen molar-refractivity contribution in [2.24, 2.45) is 0 Å². The standard InChI is InChI=1S/C3H3N3S3.C3H3N3S/c7-1-2(8)4-6-5-3(1)9;7-3-1-2-4-6-5-3/h(H,6,7)(H2,4,5,8,9);1-2H,(H,4,5,7). The molecule has 2 heterocycles. The van der Waals surface area contributed by atoms with Crippen LogP contribution in [0.15, 0.2) is 12.3 Å². The summed E-state index contributed by atoms with van der Waals surface area (Å²) in [4.78, 5) is 0. The van der Waals surface area contributed by atoms with Gasteiger partial charge in [-0.2, -0.15) is 0 Å². The lowest BCUT2D eigenvalue weighted by atomic mass is 10.7. The van der Waals surface area contributed by atoms with Crippen molar-refractivity contribution in [2.75, 3.05) is 0 Å². The van der Waals surface area contributed by atoms with Gasteiger partial charge in [-0.15, -0.1) is 5.10 Å². The molecule has 16 heavy (non-hydrogen) atoms. The zero-order valence-electron chi connectivity index (χ0n) is 7.68. The SMILES string of the molecule is S=c1[nH][nH][nH]c(=S)c1=S.S=c1ccnn[nH]1. The molecule has 0 bridgehead atoms. The average Bonchev–Trinajstić information content (AvgIpc) is 2.28. The topological polar surface area (TPSA) is 88.9 Å². The second-order valence-electron chi connectivity index (χ2n) is 2.37. The van der Waals surface area contributed by atoms with E-state index in [-0.39, 0.29) is 0 Å². The lowest BCUT2D eigenvalue weighted by Gasteiger charge is -1.84. The number of nitrogens with one attached hydrogen (secondary N) is 4. The summed E-state index contributed by atoms with van der Waals surface area (Å²) in [6, 6.07) is 1.67. The molecule has 0 aliphatic heterocycles. The maximum atomic E-state index is 4.80. The van der Waals surface area contributed by atoms with Gasteiger partial charge in [0.05, 0.1) is 6.20 Å². The molecule has 2 aromatic heterocycles. The fourth-order valence-electron chi connectivity index (χ4n) is 0.611. The van der Waals surface area contributed by atoms with Gasteiger partial charge in [0.25, 0.3) is 0 Å². The lowest BCUT2D eigenvalue weighted by molar-refractivity contribution is 0.843. The van der Waals surface area contributed by atoms with Crippen LogP contribution in [-0.4, -0.2) is 30.8 Å². The summed E-state index contributed by atoms with van der Waals surface area (Å²) in [5.41, 5.74) is 0. The Bertz CT molecular complexity index is 615. The Morgan fingerprint density at radius 2 is 1.62 bits per heavy atom. The van der Waals surface area contributed by atoms with Crippen molar-refractivity contribution in [2.45, 2.75) is 0 Å². The van der Waals surface area contributed by atoms with Gasteiger partial charge in [0, 0.05) is 0 Å². The van der Waals surface area contributed by atoms with Crippen molar-refractivity contribution in [3.63, 3.8) is 0 Å². The number of hydrogen-bond donors (Lipinski definition) is 4. The van der Waals surface area contributed by atoms with Gasteiger partial charge < -0.3 is 0 Å². The zero-order valence-corrected chi connectivity index (χ0v) is 10.9. The fourth-order valence-corrected chi connectivity index (χ4v) is 1.19.